The fourth-order valence-corrected chi connectivity index (χ4v) is 2.90. The fraction of sp³-hybridized carbons (Fsp3) is 0.200. The van der Waals surface area contributed by atoms with Crippen molar-refractivity contribution < 1.29 is 4.92 Å². The molecular weight excluding hydrogens is 272 g/mol. The highest BCUT2D eigenvalue weighted by atomic mass is 32.2. The van der Waals surface area contributed by atoms with Crippen LogP contribution in [0.2, 0.25) is 0 Å². The zero-order chi connectivity index (χ0) is 13.1. The van der Waals surface area contributed by atoms with E-state index in [-0.39, 0.29) is 5.69 Å². The summed E-state index contributed by atoms with van der Waals surface area (Å²) < 4.78 is 0.813. The summed E-state index contributed by atoms with van der Waals surface area (Å²) in [5.41, 5.74) is 0.0885. The number of aromatic nitrogens is 2. The number of non-ortho nitro benzene ring substituents is 1. The van der Waals surface area contributed by atoms with E-state index in [1.54, 1.807) is 12.1 Å². The van der Waals surface area contributed by atoms with Gasteiger partial charge in [0, 0.05) is 31.1 Å². The predicted octanol–water partition coefficient (Wildman–Crippen LogP) is 2.66. The molecule has 18 heavy (non-hydrogen) atoms. The van der Waals surface area contributed by atoms with Gasteiger partial charge < -0.3 is 4.90 Å². The molecule has 94 valence electrons. The third kappa shape index (κ3) is 2.96. The van der Waals surface area contributed by atoms with Crippen molar-refractivity contribution in [1.82, 2.24) is 10.2 Å². The standard InChI is InChI=1S/C10H10N4O2S2/c1-13(2)9-11-12-10(18-9)17-8-5-3-7(4-6-8)14(15)16/h3-6H,1-2H3. The second kappa shape index (κ2) is 5.32. The minimum absolute atomic E-state index is 0.0885. The Labute approximate surface area is 112 Å². The molecule has 0 fully saturated rings. The Morgan fingerprint density at radius 2 is 1.94 bits per heavy atom. The van der Waals surface area contributed by atoms with Gasteiger partial charge in [0.05, 0.1) is 4.92 Å². The van der Waals surface area contributed by atoms with E-state index < -0.39 is 4.92 Å². The molecule has 1 aromatic heterocycles. The van der Waals surface area contributed by atoms with Crippen molar-refractivity contribution in [1.29, 1.82) is 0 Å². The van der Waals surface area contributed by atoms with Crippen LogP contribution in [-0.4, -0.2) is 29.2 Å². The summed E-state index contributed by atoms with van der Waals surface area (Å²) in [5, 5.41) is 19.4. The molecule has 0 unspecified atom stereocenters. The topological polar surface area (TPSA) is 72.2 Å². The van der Waals surface area contributed by atoms with E-state index in [0.29, 0.717) is 0 Å². The maximum atomic E-state index is 10.5. The molecule has 0 aliphatic heterocycles. The van der Waals surface area contributed by atoms with Crippen LogP contribution in [0.4, 0.5) is 10.8 Å². The van der Waals surface area contributed by atoms with E-state index in [9.17, 15) is 10.1 Å². The molecule has 0 atom stereocenters. The minimum atomic E-state index is -0.413. The SMILES string of the molecule is CN(C)c1nnc(Sc2ccc([N+](=O)[O-])cc2)s1. The zero-order valence-electron chi connectivity index (χ0n) is 9.73. The van der Waals surface area contributed by atoms with Crippen LogP contribution in [0.3, 0.4) is 0 Å². The highest BCUT2D eigenvalue weighted by Crippen LogP contribution is 2.33. The Hall–Kier alpha value is -1.67. The van der Waals surface area contributed by atoms with E-state index in [0.717, 1.165) is 14.4 Å². The monoisotopic (exact) mass is 282 g/mol. The number of hydrogen-bond acceptors (Lipinski definition) is 7. The number of rotatable bonds is 4. The molecule has 0 saturated carbocycles. The first-order valence-corrected chi connectivity index (χ1v) is 6.62. The highest BCUT2D eigenvalue weighted by Gasteiger charge is 2.09. The van der Waals surface area contributed by atoms with Crippen LogP contribution in [0.5, 0.6) is 0 Å². The molecule has 6 nitrogen and oxygen atoms in total. The summed E-state index contributed by atoms with van der Waals surface area (Å²) in [6, 6.07) is 6.38. The van der Waals surface area contributed by atoms with Crippen LogP contribution in [0, 0.1) is 10.1 Å². The molecule has 0 aliphatic rings. The van der Waals surface area contributed by atoms with Gasteiger partial charge in [-0.25, -0.2) is 0 Å². The van der Waals surface area contributed by atoms with Crippen molar-refractivity contribution in [3.8, 4) is 0 Å². The lowest BCUT2D eigenvalue weighted by molar-refractivity contribution is -0.384. The molecule has 2 rings (SSSR count). The molecule has 0 aliphatic carbocycles. The van der Waals surface area contributed by atoms with Gasteiger partial charge in [0.25, 0.3) is 5.69 Å². The van der Waals surface area contributed by atoms with Gasteiger partial charge in [0.2, 0.25) is 5.13 Å². The van der Waals surface area contributed by atoms with Gasteiger partial charge in [-0.1, -0.05) is 23.1 Å². The number of nitro groups is 1. The van der Waals surface area contributed by atoms with E-state index in [4.69, 9.17) is 0 Å². The van der Waals surface area contributed by atoms with Crippen molar-refractivity contribution in [3.63, 3.8) is 0 Å². The molecule has 0 saturated heterocycles. The number of nitro benzene ring substituents is 1. The number of nitrogens with zero attached hydrogens (tertiary/aromatic N) is 4. The maximum Gasteiger partial charge on any atom is 0.269 e. The van der Waals surface area contributed by atoms with Gasteiger partial charge in [0.1, 0.15) is 0 Å². The number of anilines is 1. The number of benzene rings is 1. The van der Waals surface area contributed by atoms with Gasteiger partial charge in [-0.05, 0) is 12.1 Å². The third-order valence-corrected chi connectivity index (χ3v) is 4.18. The first kappa shape index (κ1) is 12.8. The average molecular weight is 282 g/mol. The Morgan fingerprint density at radius 1 is 1.28 bits per heavy atom. The van der Waals surface area contributed by atoms with E-state index in [2.05, 4.69) is 10.2 Å². The van der Waals surface area contributed by atoms with Crippen molar-refractivity contribution in [3.05, 3.63) is 34.4 Å². The Morgan fingerprint density at radius 3 is 2.44 bits per heavy atom. The molecule has 0 spiro atoms. The molecular formula is C10H10N4O2S2. The summed E-state index contributed by atoms with van der Waals surface area (Å²) in [5.74, 6) is 0. The van der Waals surface area contributed by atoms with Gasteiger partial charge >= 0.3 is 0 Å². The van der Waals surface area contributed by atoms with Crippen LogP contribution in [-0.2, 0) is 0 Å². The lowest BCUT2D eigenvalue weighted by Gasteiger charge is -2.03. The van der Waals surface area contributed by atoms with Gasteiger partial charge in [-0.3, -0.25) is 10.1 Å². The molecule has 8 heteroatoms. The van der Waals surface area contributed by atoms with Crippen LogP contribution in [0.25, 0.3) is 0 Å². The Balaban J connectivity index is 2.10. The third-order valence-electron chi connectivity index (χ3n) is 2.03. The fourth-order valence-electron chi connectivity index (χ4n) is 1.16. The summed E-state index contributed by atoms with van der Waals surface area (Å²) in [6.45, 7) is 0. The van der Waals surface area contributed by atoms with Crippen molar-refractivity contribution >= 4 is 33.9 Å². The van der Waals surface area contributed by atoms with Crippen LogP contribution < -0.4 is 4.90 Å². The summed E-state index contributed by atoms with van der Waals surface area (Å²) in [6.07, 6.45) is 0. The zero-order valence-corrected chi connectivity index (χ0v) is 11.4. The predicted molar refractivity (Wildman–Crippen MR) is 71.5 cm³/mol. The van der Waals surface area contributed by atoms with Gasteiger partial charge in [-0.15, -0.1) is 10.2 Å². The van der Waals surface area contributed by atoms with Crippen molar-refractivity contribution in [2.45, 2.75) is 9.24 Å². The van der Waals surface area contributed by atoms with Crippen molar-refractivity contribution in [2.24, 2.45) is 0 Å². The van der Waals surface area contributed by atoms with E-state index in [1.165, 1.54) is 35.2 Å². The molecule has 2 aromatic rings. The highest BCUT2D eigenvalue weighted by molar-refractivity contribution is 8.01. The van der Waals surface area contributed by atoms with Crippen LogP contribution >= 0.6 is 23.1 Å². The van der Waals surface area contributed by atoms with Crippen LogP contribution in [0.15, 0.2) is 33.5 Å². The van der Waals surface area contributed by atoms with Crippen molar-refractivity contribution in [2.75, 3.05) is 19.0 Å². The van der Waals surface area contributed by atoms with E-state index >= 15 is 0 Å². The molecule has 0 radical (unpaired) electrons. The first-order valence-electron chi connectivity index (χ1n) is 4.99. The number of hydrogen-bond donors (Lipinski definition) is 0. The molecule has 0 amide bonds. The first-order chi connectivity index (χ1) is 8.56. The molecule has 0 N–H and O–H groups in total. The lowest BCUT2D eigenvalue weighted by atomic mass is 10.3. The van der Waals surface area contributed by atoms with Gasteiger partial charge in [0.15, 0.2) is 4.34 Å². The Kier molecular flexibility index (Phi) is 3.78. The summed E-state index contributed by atoms with van der Waals surface area (Å²) in [7, 11) is 3.81. The smallest absolute Gasteiger partial charge is 0.269 e. The second-order valence-electron chi connectivity index (χ2n) is 3.60. The summed E-state index contributed by atoms with van der Waals surface area (Å²) >= 11 is 2.92. The largest absolute Gasteiger partial charge is 0.353 e. The van der Waals surface area contributed by atoms with E-state index in [1.807, 2.05) is 19.0 Å². The average Bonchev–Trinajstić information content (AvgIpc) is 2.78. The molecule has 1 heterocycles. The van der Waals surface area contributed by atoms with Gasteiger partial charge in [-0.2, -0.15) is 0 Å². The molecule has 1 aromatic carbocycles. The van der Waals surface area contributed by atoms with Crippen LogP contribution in [0.1, 0.15) is 0 Å². The maximum absolute atomic E-state index is 10.5. The summed E-state index contributed by atoms with van der Waals surface area (Å²) in [4.78, 5) is 12.9. The lowest BCUT2D eigenvalue weighted by Crippen LogP contribution is -2.07. The molecule has 0 bridgehead atoms. The second-order valence-corrected chi connectivity index (χ2v) is 5.87. The Bertz CT molecular complexity index is 553. The minimum Gasteiger partial charge on any atom is -0.353 e. The normalized spacial score (nSPS) is 10.3. The quantitative estimate of drug-likeness (QED) is 0.634.